The summed E-state index contributed by atoms with van der Waals surface area (Å²) in [4.78, 5) is 3.87. The maximum atomic E-state index is 13.6. The predicted molar refractivity (Wildman–Crippen MR) is 64.1 cm³/mol. The Morgan fingerprint density at radius 3 is 2.44 bits per heavy atom. The van der Waals surface area contributed by atoms with Crippen molar-refractivity contribution in [1.82, 2.24) is 4.90 Å². The molecule has 1 aromatic rings. The highest BCUT2D eigenvalue weighted by atomic mass is 19.1. The minimum Gasteiger partial charge on any atom is -0.392 e. The molecule has 0 fully saturated rings. The summed E-state index contributed by atoms with van der Waals surface area (Å²) in [5.74, 6) is -0.284. The largest absolute Gasteiger partial charge is 0.392 e. The Morgan fingerprint density at radius 2 is 1.88 bits per heavy atom. The summed E-state index contributed by atoms with van der Waals surface area (Å²) in [6.45, 7) is 1.43. The van der Waals surface area contributed by atoms with Gasteiger partial charge in [-0.25, -0.2) is 4.39 Å². The third-order valence-electron chi connectivity index (χ3n) is 2.51. The number of nitrogens with zero attached hydrogens (tertiary/aromatic N) is 2. The van der Waals surface area contributed by atoms with Gasteiger partial charge in [0, 0.05) is 25.7 Å². The third kappa shape index (κ3) is 3.18. The van der Waals surface area contributed by atoms with Crippen molar-refractivity contribution in [3.8, 4) is 0 Å². The molecular formula is C12H19FN2O. The lowest BCUT2D eigenvalue weighted by Gasteiger charge is -2.24. The Balaban J connectivity index is 2.84. The molecule has 0 spiro atoms. The molecular weight excluding hydrogens is 207 g/mol. The fraction of sp³-hybridized carbons (Fsp3) is 0.500. The van der Waals surface area contributed by atoms with Gasteiger partial charge in [0.05, 0.1) is 12.3 Å². The zero-order valence-electron chi connectivity index (χ0n) is 10.1. The molecule has 3 nitrogen and oxygen atoms in total. The second kappa shape index (κ2) is 5.82. The fourth-order valence-electron chi connectivity index (χ4n) is 1.58. The average molecular weight is 226 g/mol. The van der Waals surface area contributed by atoms with Crippen LogP contribution >= 0.6 is 0 Å². The van der Waals surface area contributed by atoms with Crippen molar-refractivity contribution in [2.45, 2.75) is 6.61 Å². The molecule has 0 unspecified atom stereocenters. The van der Waals surface area contributed by atoms with Crippen LogP contribution in [0.3, 0.4) is 0 Å². The summed E-state index contributed by atoms with van der Waals surface area (Å²) in [7, 11) is 5.78. The van der Waals surface area contributed by atoms with Gasteiger partial charge in [0.15, 0.2) is 0 Å². The van der Waals surface area contributed by atoms with Gasteiger partial charge in [0.2, 0.25) is 0 Å². The summed E-state index contributed by atoms with van der Waals surface area (Å²) in [6.07, 6.45) is 0. The quantitative estimate of drug-likeness (QED) is 0.820. The van der Waals surface area contributed by atoms with Gasteiger partial charge in [-0.05, 0) is 20.2 Å². The SMILES string of the molecule is CN(C)CCN(C)c1c(F)cccc1CO. The van der Waals surface area contributed by atoms with Crippen molar-refractivity contribution in [2.24, 2.45) is 0 Å². The van der Waals surface area contributed by atoms with E-state index in [9.17, 15) is 4.39 Å². The summed E-state index contributed by atoms with van der Waals surface area (Å²) in [6, 6.07) is 4.77. The molecule has 0 saturated carbocycles. The predicted octanol–water partition coefficient (Wildman–Crippen LogP) is 1.32. The van der Waals surface area contributed by atoms with Crippen LogP contribution in [-0.4, -0.2) is 44.2 Å². The molecule has 0 amide bonds. The van der Waals surface area contributed by atoms with Crippen molar-refractivity contribution in [3.63, 3.8) is 0 Å². The number of para-hydroxylation sites is 1. The molecule has 1 N–H and O–H groups in total. The van der Waals surface area contributed by atoms with Gasteiger partial charge in [-0.15, -0.1) is 0 Å². The van der Waals surface area contributed by atoms with Gasteiger partial charge in [-0.2, -0.15) is 0 Å². The number of aliphatic hydroxyl groups excluding tert-OH is 1. The Kier molecular flexibility index (Phi) is 4.71. The van der Waals surface area contributed by atoms with Gasteiger partial charge in [0.1, 0.15) is 5.82 Å². The second-order valence-corrected chi connectivity index (χ2v) is 4.13. The Morgan fingerprint density at radius 1 is 1.19 bits per heavy atom. The normalized spacial score (nSPS) is 10.9. The number of hydrogen-bond acceptors (Lipinski definition) is 3. The number of halogens is 1. The van der Waals surface area contributed by atoms with Crippen LogP contribution in [0, 0.1) is 5.82 Å². The molecule has 16 heavy (non-hydrogen) atoms. The van der Waals surface area contributed by atoms with Crippen LogP contribution in [-0.2, 0) is 6.61 Å². The van der Waals surface area contributed by atoms with Crippen molar-refractivity contribution in [3.05, 3.63) is 29.6 Å². The maximum Gasteiger partial charge on any atom is 0.146 e. The number of likely N-dealkylation sites (N-methyl/N-ethyl adjacent to an activating group) is 2. The third-order valence-corrected chi connectivity index (χ3v) is 2.51. The van der Waals surface area contributed by atoms with E-state index in [1.54, 1.807) is 12.1 Å². The van der Waals surface area contributed by atoms with Gasteiger partial charge < -0.3 is 14.9 Å². The van der Waals surface area contributed by atoms with E-state index in [1.807, 2.05) is 30.9 Å². The van der Waals surface area contributed by atoms with Gasteiger partial charge in [-0.3, -0.25) is 0 Å². The first-order chi connectivity index (χ1) is 7.56. The van der Waals surface area contributed by atoms with E-state index in [0.717, 1.165) is 13.1 Å². The van der Waals surface area contributed by atoms with Crippen LogP contribution in [0.4, 0.5) is 10.1 Å². The summed E-state index contributed by atoms with van der Waals surface area (Å²) >= 11 is 0. The highest BCUT2D eigenvalue weighted by Gasteiger charge is 2.12. The molecule has 0 aromatic heterocycles. The zero-order valence-corrected chi connectivity index (χ0v) is 10.1. The number of benzene rings is 1. The lowest BCUT2D eigenvalue weighted by molar-refractivity contribution is 0.281. The molecule has 1 aromatic carbocycles. The topological polar surface area (TPSA) is 26.7 Å². The molecule has 0 saturated heterocycles. The van der Waals surface area contributed by atoms with E-state index < -0.39 is 0 Å². The van der Waals surface area contributed by atoms with Gasteiger partial charge in [-0.1, -0.05) is 12.1 Å². The minimum atomic E-state index is -0.284. The fourth-order valence-corrected chi connectivity index (χ4v) is 1.58. The zero-order chi connectivity index (χ0) is 12.1. The first kappa shape index (κ1) is 12.9. The standard InChI is InChI=1S/C12H19FN2O/c1-14(2)7-8-15(3)12-10(9-16)5-4-6-11(12)13/h4-6,16H,7-9H2,1-3H3. The molecule has 1 rings (SSSR count). The first-order valence-corrected chi connectivity index (χ1v) is 5.30. The smallest absolute Gasteiger partial charge is 0.146 e. The molecule has 0 bridgehead atoms. The molecule has 4 heteroatoms. The van der Waals surface area contributed by atoms with E-state index in [4.69, 9.17) is 5.11 Å². The summed E-state index contributed by atoms with van der Waals surface area (Å²) in [5, 5.41) is 9.17. The van der Waals surface area contributed by atoms with Crippen molar-refractivity contribution in [1.29, 1.82) is 0 Å². The molecule has 0 aliphatic rings. The number of aliphatic hydroxyl groups is 1. The van der Waals surface area contributed by atoms with Gasteiger partial charge >= 0.3 is 0 Å². The molecule has 0 radical (unpaired) electrons. The van der Waals surface area contributed by atoms with Crippen molar-refractivity contribution in [2.75, 3.05) is 39.1 Å². The average Bonchev–Trinajstić information content (AvgIpc) is 2.25. The second-order valence-electron chi connectivity index (χ2n) is 4.13. The highest BCUT2D eigenvalue weighted by molar-refractivity contribution is 5.54. The van der Waals surface area contributed by atoms with Crippen LogP contribution in [0.25, 0.3) is 0 Å². The van der Waals surface area contributed by atoms with E-state index in [0.29, 0.717) is 11.3 Å². The van der Waals surface area contributed by atoms with E-state index in [1.165, 1.54) is 6.07 Å². The number of anilines is 1. The Hall–Kier alpha value is -1.13. The lowest BCUT2D eigenvalue weighted by Crippen LogP contribution is -2.29. The Bertz CT molecular complexity index is 342. The lowest BCUT2D eigenvalue weighted by atomic mass is 10.1. The number of hydrogen-bond donors (Lipinski definition) is 1. The monoisotopic (exact) mass is 226 g/mol. The van der Waals surface area contributed by atoms with E-state index in [-0.39, 0.29) is 12.4 Å². The molecule has 0 aliphatic carbocycles. The van der Waals surface area contributed by atoms with Crippen molar-refractivity contribution >= 4 is 5.69 Å². The minimum absolute atomic E-state index is 0.139. The van der Waals surface area contributed by atoms with Crippen molar-refractivity contribution < 1.29 is 9.50 Å². The Labute approximate surface area is 96.1 Å². The molecule has 0 heterocycles. The van der Waals surface area contributed by atoms with Crippen LogP contribution in [0.15, 0.2) is 18.2 Å². The first-order valence-electron chi connectivity index (χ1n) is 5.30. The molecule has 90 valence electrons. The number of rotatable bonds is 5. The highest BCUT2D eigenvalue weighted by Crippen LogP contribution is 2.23. The van der Waals surface area contributed by atoms with Crippen LogP contribution in [0.1, 0.15) is 5.56 Å². The maximum absolute atomic E-state index is 13.6. The summed E-state index contributed by atoms with van der Waals surface area (Å²) in [5.41, 5.74) is 1.12. The van der Waals surface area contributed by atoms with Crippen LogP contribution in [0.2, 0.25) is 0 Å². The van der Waals surface area contributed by atoms with Gasteiger partial charge in [0.25, 0.3) is 0 Å². The summed E-state index contributed by atoms with van der Waals surface area (Å²) < 4.78 is 13.6. The van der Waals surface area contributed by atoms with Crippen LogP contribution in [0.5, 0.6) is 0 Å². The molecule has 0 aliphatic heterocycles. The van der Waals surface area contributed by atoms with E-state index in [2.05, 4.69) is 0 Å². The van der Waals surface area contributed by atoms with E-state index >= 15 is 0 Å². The van der Waals surface area contributed by atoms with Crippen LogP contribution < -0.4 is 4.90 Å². The molecule has 0 atom stereocenters.